The van der Waals surface area contributed by atoms with E-state index in [9.17, 15) is 9.59 Å². The van der Waals surface area contributed by atoms with E-state index >= 15 is 0 Å². The number of carbonyl (C=O) groups is 2. The number of rotatable bonds is 10. The molecule has 0 aliphatic carbocycles. The molecule has 46 heavy (non-hydrogen) atoms. The molecule has 4 heterocycles. The van der Waals surface area contributed by atoms with Gasteiger partial charge in [-0.05, 0) is 48.5 Å². The van der Waals surface area contributed by atoms with Gasteiger partial charge in [0.2, 0.25) is 0 Å². The first-order valence-electron chi connectivity index (χ1n) is 16.4. The van der Waals surface area contributed by atoms with Crippen LogP contribution in [0.4, 0.5) is 11.4 Å². The minimum absolute atomic E-state index is 0.0464. The molecular weight excluding hydrogens is 592 g/mol. The minimum atomic E-state index is -0.609. The third-order valence-corrected chi connectivity index (χ3v) is 8.63. The van der Waals surface area contributed by atoms with E-state index in [2.05, 4.69) is 34.1 Å². The largest absolute Gasteiger partial charge is 0.490 e. The Balaban J connectivity index is 0.842. The van der Waals surface area contributed by atoms with Crippen LogP contribution in [-0.2, 0) is 28.7 Å². The highest BCUT2D eigenvalue weighted by molar-refractivity contribution is 5.91. The molecule has 2 aromatic rings. The number of piperidine rings is 2. The van der Waals surface area contributed by atoms with Crippen molar-refractivity contribution in [1.29, 1.82) is 0 Å². The Morgan fingerprint density at radius 2 is 0.891 bits per heavy atom. The lowest BCUT2D eigenvalue weighted by Crippen LogP contribution is -2.39. The van der Waals surface area contributed by atoms with Crippen LogP contribution < -0.4 is 19.3 Å². The van der Waals surface area contributed by atoms with Crippen LogP contribution in [0.2, 0.25) is 0 Å². The van der Waals surface area contributed by atoms with E-state index < -0.39 is 11.9 Å². The maximum absolute atomic E-state index is 12.3. The van der Waals surface area contributed by atoms with Gasteiger partial charge in [0, 0.05) is 102 Å². The van der Waals surface area contributed by atoms with Gasteiger partial charge in [0.25, 0.3) is 0 Å². The summed E-state index contributed by atoms with van der Waals surface area (Å²) in [5.41, 5.74) is 2.34. The summed E-state index contributed by atoms with van der Waals surface area (Å²) in [5.74, 6) is 0.448. The van der Waals surface area contributed by atoms with Crippen molar-refractivity contribution < 1.29 is 38.2 Å². The lowest BCUT2D eigenvalue weighted by atomic mass is 10.1. The molecule has 0 spiro atoms. The monoisotopic (exact) mass is 636 g/mol. The maximum atomic E-state index is 12.3. The lowest BCUT2D eigenvalue weighted by molar-refractivity contribution is -0.194. The van der Waals surface area contributed by atoms with Crippen molar-refractivity contribution in [3.63, 3.8) is 0 Å². The molecule has 0 atom stereocenters. The number of anilines is 2. The van der Waals surface area contributed by atoms with Crippen molar-refractivity contribution in [3.05, 3.63) is 60.7 Å². The van der Waals surface area contributed by atoms with Crippen molar-refractivity contribution in [2.45, 2.75) is 37.9 Å². The van der Waals surface area contributed by atoms with Gasteiger partial charge in [0.1, 0.15) is 23.7 Å². The standard InChI is InChI=1S/C34H44N4O8/c39-33(45-37-15-11-31(12-16-37)43-29-5-1-27(2-6-29)35-19-23-41-24-20-35)9-10-34(40)46-38-17-13-32(14-18-38)44-30-7-3-28(4-8-30)36-21-25-42-26-22-36/h1-10,31-32H,11-26H2/b10-9+. The Labute approximate surface area is 270 Å². The van der Waals surface area contributed by atoms with Gasteiger partial charge in [-0.15, -0.1) is 10.1 Å². The normalized spacial score (nSPS) is 20.9. The van der Waals surface area contributed by atoms with Gasteiger partial charge in [-0.2, -0.15) is 0 Å². The number of hydrogen-bond acceptors (Lipinski definition) is 12. The van der Waals surface area contributed by atoms with Gasteiger partial charge in [-0.1, -0.05) is 0 Å². The Kier molecular flexibility index (Phi) is 11.3. The zero-order valence-corrected chi connectivity index (χ0v) is 26.3. The number of benzene rings is 2. The molecule has 0 bridgehead atoms. The van der Waals surface area contributed by atoms with E-state index in [1.807, 2.05) is 24.3 Å². The second-order valence-corrected chi connectivity index (χ2v) is 11.8. The van der Waals surface area contributed by atoms with Crippen molar-refractivity contribution in [2.75, 3.05) is 88.6 Å². The van der Waals surface area contributed by atoms with Gasteiger partial charge in [-0.25, -0.2) is 9.59 Å². The van der Waals surface area contributed by atoms with Crippen molar-refractivity contribution in [1.82, 2.24) is 10.1 Å². The second-order valence-electron chi connectivity index (χ2n) is 11.8. The van der Waals surface area contributed by atoms with Crippen LogP contribution in [0.1, 0.15) is 25.7 Å². The summed E-state index contributed by atoms with van der Waals surface area (Å²) in [6.45, 7) is 8.81. The maximum Gasteiger partial charge on any atom is 0.349 e. The summed E-state index contributed by atoms with van der Waals surface area (Å²) >= 11 is 0. The predicted octanol–water partition coefficient (Wildman–Crippen LogP) is 3.22. The Hall–Kier alpha value is -3.84. The van der Waals surface area contributed by atoms with Gasteiger partial charge in [0.15, 0.2) is 0 Å². The Morgan fingerprint density at radius 1 is 0.543 bits per heavy atom. The van der Waals surface area contributed by atoms with Crippen LogP contribution in [-0.4, -0.2) is 113 Å². The van der Waals surface area contributed by atoms with E-state index in [4.69, 9.17) is 28.6 Å². The fraction of sp³-hybridized carbons (Fsp3) is 0.529. The minimum Gasteiger partial charge on any atom is -0.490 e. The average Bonchev–Trinajstić information content (AvgIpc) is 3.10. The molecule has 4 aliphatic heterocycles. The predicted molar refractivity (Wildman–Crippen MR) is 171 cm³/mol. The summed E-state index contributed by atoms with van der Waals surface area (Å²) in [5, 5.41) is 3.22. The highest BCUT2D eigenvalue weighted by atomic mass is 16.7. The number of morpholine rings is 2. The second kappa shape index (κ2) is 16.1. The van der Waals surface area contributed by atoms with E-state index in [-0.39, 0.29) is 12.2 Å². The molecule has 0 saturated carbocycles. The molecule has 4 fully saturated rings. The zero-order chi connectivity index (χ0) is 31.6. The summed E-state index contributed by atoms with van der Waals surface area (Å²) in [6.07, 6.45) is 5.21. The van der Waals surface area contributed by atoms with Crippen LogP contribution in [0.25, 0.3) is 0 Å². The van der Waals surface area contributed by atoms with Crippen LogP contribution in [0.3, 0.4) is 0 Å². The molecule has 0 amide bonds. The van der Waals surface area contributed by atoms with Crippen LogP contribution in [0, 0.1) is 0 Å². The molecule has 0 unspecified atom stereocenters. The van der Waals surface area contributed by atoms with Crippen molar-refractivity contribution in [2.24, 2.45) is 0 Å². The van der Waals surface area contributed by atoms with Gasteiger partial charge in [0.05, 0.1) is 26.4 Å². The SMILES string of the molecule is O=C(/C=C/C(=O)ON1CCC(Oc2ccc(N3CCOCC3)cc2)CC1)ON1CCC(Oc2ccc(N3CCOCC3)cc2)CC1. The molecule has 12 heteroatoms. The van der Waals surface area contributed by atoms with Crippen LogP contribution >= 0.6 is 0 Å². The quantitative estimate of drug-likeness (QED) is 0.358. The van der Waals surface area contributed by atoms with Crippen LogP contribution in [0.5, 0.6) is 11.5 Å². The molecule has 0 aromatic heterocycles. The molecule has 248 valence electrons. The third kappa shape index (κ3) is 9.35. The molecule has 0 N–H and O–H groups in total. The summed E-state index contributed by atoms with van der Waals surface area (Å²) in [6, 6.07) is 16.3. The molecular formula is C34H44N4O8. The summed E-state index contributed by atoms with van der Waals surface area (Å²) < 4.78 is 23.2. The van der Waals surface area contributed by atoms with E-state index in [0.29, 0.717) is 26.2 Å². The first-order chi connectivity index (χ1) is 22.6. The number of hydroxylamine groups is 4. The van der Waals surface area contributed by atoms with Gasteiger partial charge < -0.3 is 38.4 Å². The first kappa shape index (κ1) is 32.1. The zero-order valence-electron chi connectivity index (χ0n) is 26.3. The molecule has 4 saturated heterocycles. The van der Waals surface area contributed by atoms with E-state index in [0.717, 1.165) is 102 Å². The summed E-state index contributed by atoms with van der Waals surface area (Å²) in [4.78, 5) is 40.1. The van der Waals surface area contributed by atoms with E-state index in [1.165, 1.54) is 11.4 Å². The van der Waals surface area contributed by atoms with Crippen molar-refractivity contribution in [3.8, 4) is 11.5 Å². The fourth-order valence-electron chi connectivity index (χ4n) is 6.03. The number of hydrogen-bond donors (Lipinski definition) is 0. The third-order valence-electron chi connectivity index (χ3n) is 8.63. The number of nitrogens with zero attached hydrogens (tertiary/aromatic N) is 4. The smallest absolute Gasteiger partial charge is 0.349 e. The van der Waals surface area contributed by atoms with Gasteiger partial charge in [-0.3, -0.25) is 0 Å². The highest BCUT2D eigenvalue weighted by Gasteiger charge is 2.25. The molecule has 4 aliphatic rings. The topological polar surface area (TPSA) is 102 Å². The Morgan fingerprint density at radius 3 is 1.24 bits per heavy atom. The number of carbonyl (C=O) groups excluding carboxylic acids is 2. The Bertz CT molecular complexity index is 1180. The first-order valence-corrected chi connectivity index (χ1v) is 16.4. The average molecular weight is 637 g/mol. The molecule has 6 rings (SSSR count). The van der Waals surface area contributed by atoms with Gasteiger partial charge >= 0.3 is 11.9 Å². The fourth-order valence-corrected chi connectivity index (χ4v) is 6.03. The van der Waals surface area contributed by atoms with Crippen molar-refractivity contribution >= 4 is 23.3 Å². The molecule has 0 radical (unpaired) electrons. The molecule has 2 aromatic carbocycles. The summed E-state index contributed by atoms with van der Waals surface area (Å²) in [7, 11) is 0. The highest BCUT2D eigenvalue weighted by Crippen LogP contribution is 2.25. The lowest BCUT2D eigenvalue weighted by Gasteiger charge is -2.31. The van der Waals surface area contributed by atoms with Crippen LogP contribution in [0.15, 0.2) is 60.7 Å². The van der Waals surface area contributed by atoms with E-state index in [1.54, 1.807) is 10.1 Å². The number of ether oxygens (including phenoxy) is 4. The molecule has 12 nitrogen and oxygen atoms in total.